The molecule has 2 aromatic rings. The van der Waals surface area contributed by atoms with Gasteiger partial charge in [-0.1, -0.05) is 12.1 Å². The molecule has 0 aliphatic heterocycles. The van der Waals surface area contributed by atoms with Crippen LogP contribution in [0.5, 0.6) is 11.6 Å². The predicted octanol–water partition coefficient (Wildman–Crippen LogP) is 3.43. The molecule has 0 bridgehead atoms. The number of ether oxygens (including phenoxy) is 1. The lowest BCUT2D eigenvalue weighted by atomic mass is 10.2. The highest BCUT2D eigenvalue weighted by Crippen LogP contribution is 2.31. The van der Waals surface area contributed by atoms with Crippen LogP contribution in [0.15, 0.2) is 30.3 Å². The zero-order valence-electron chi connectivity index (χ0n) is 9.86. The van der Waals surface area contributed by atoms with Crippen LogP contribution in [0.3, 0.4) is 0 Å². The second-order valence-corrected chi connectivity index (χ2v) is 4.10. The summed E-state index contributed by atoms with van der Waals surface area (Å²) in [7, 11) is 0. The van der Waals surface area contributed by atoms with Crippen LogP contribution in [-0.4, -0.2) is 15.1 Å². The molecule has 1 N–H and O–H groups in total. The van der Waals surface area contributed by atoms with Crippen molar-refractivity contribution in [3.05, 3.63) is 46.9 Å². The van der Waals surface area contributed by atoms with Gasteiger partial charge in [0.15, 0.2) is 5.69 Å². The monoisotopic (exact) mass is 304 g/mol. The fourth-order valence-electron chi connectivity index (χ4n) is 1.38. The number of aliphatic hydroxyl groups is 1. The van der Waals surface area contributed by atoms with Crippen molar-refractivity contribution in [2.45, 2.75) is 12.8 Å². The van der Waals surface area contributed by atoms with Crippen LogP contribution in [0.1, 0.15) is 11.3 Å². The summed E-state index contributed by atoms with van der Waals surface area (Å²) in [6.07, 6.45) is -4.63. The molecule has 0 fully saturated rings. The van der Waals surface area contributed by atoms with E-state index in [1.807, 2.05) is 0 Å². The predicted molar refractivity (Wildman–Crippen MR) is 64.5 cm³/mol. The van der Waals surface area contributed by atoms with Gasteiger partial charge in [0.05, 0.1) is 6.61 Å². The van der Waals surface area contributed by atoms with Crippen LogP contribution in [0.4, 0.5) is 13.2 Å². The number of hydrogen-bond donors (Lipinski definition) is 1. The minimum absolute atomic E-state index is 0.141. The fraction of sp³-hybridized carbons (Fsp3) is 0.167. The molecule has 0 saturated carbocycles. The van der Waals surface area contributed by atoms with Crippen molar-refractivity contribution < 1.29 is 23.0 Å². The average Bonchev–Trinajstić information content (AvgIpc) is 2.38. The van der Waals surface area contributed by atoms with E-state index in [1.165, 1.54) is 12.1 Å². The molecular formula is C12H8ClF3N2O2. The number of aromatic nitrogens is 2. The zero-order chi connectivity index (χ0) is 14.8. The normalized spacial score (nSPS) is 11.4. The van der Waals surface area contributed by atoms with Crippen molar-refractivity contribution in [1.29, 1.82) is 0 Å². The Morgan fingerprint density at radius 1 is 1.15 bits per heavy atom. The van der Waals surface area contributed by atoms with E-state index in [-0.39, 0.29) is 18.2 Å². The summed E-state index contributed by atoms with van der Waals surface area (Å²) in [6.45, 7) is -0.141. The first-order valence-electron chi connectivity index (χ1n) is 5.38. The summed E-state index contributed by atoms with van der Waals surface area (Å²) < 4.78 is 42.8. The van der Waals surface area contributed by atoms with E-state index < -0.39 is 17.2 Å². The smallest absolute Gasteiger partial charge is 0.433 e. The second-order valence-electron chi connectivity index (χ2n) is 3.76. The third-order valence-corrected chi connectivity index (χ3v) is 2.46. The van der Waals surface area contributed by atoms with Gasteiger partial charge in [-0.3, -0.25) is 0 Å². The lowest BCUT2D eigenvalue weighted by Crippen LogP contribution is -2.09. The summed E-state index contributed by atoms with van der Waals surface area (Å²) in [5.41, 5.74) is -0.534. The van der Waals surface area contributed by atoms with Gasteiger partial charge in [-0.15, -0.1) is 0 Å². The van der Waals surface area contributed by atoms with E-state index in [1.54, 1.807) is 12.1 Å². The maximum absolute atomic E-state index is 12.6. The summed E-state index contributed by atoms with van der Waals surface area (Å²) in [6, 6.07) is 6.79. The van der Waals surface area contributed by atoms with E-state index in [0.717, 1.165) is 0 Å². The highest BCUT2D eigenvalue weighted by atomic mass is 35.5. The molecule has 0 spiro atoms. The summed E-state index contributed by atoms with van der Waals surface area (Å²) >= 11 is 5.43. The molecular weight excluding hydrogens is 297 g/mol. The van der Waals surface area contributed by atoms with E-state index >= 15 is 0 Å². The van der Waals surface area contributed by atoms with Crippen molar-refractivity contribution in [2.75, 3.05) is 0 Å². The lowest BCUT2D eigenvalue weighted by molar-refractivity contribution is -0.141. The molecule has 0 amide bonds. The van der Waals surface area contributed by atoms with Gasteiger partial charge < -0.3 is 9.84 Å². The van der Waals surface area contributed by atoms with Gasteiger partial charge in [-0.25, -0.2) is 4.98 Å². The Balaban J connectivity index is 2.26. The Labute approximate surface area is 116 Å². The van der Waals surface area contributed by atoms with E-state index in [0.29, 0.717) is 11.6 Å². The largest absolute Gasteiger partial charge is 0.439 e. The number of hydrogen-bond acceptors (Lipinski definition) is 4. The minimum atomic E-state index is -4.63. The SMILES string of the molecule is OCc1ccc(Oc2cc(C(F)(F)F)nc(Cl)n2)cc1. The molecule has 106 valence electrons. The van der Waals surface area contributed by atoms with Gasteiger partial charge in [-0.05, 0) is 29.3 Å². The van der Waals surface area contributed by atoms with Crippen LogP contribution in [0, 0.1) is 0 Å². The summed E-state index contributed by atoms with van der Waals surface area (Å²) in [5, 5.41) is 8.32. The van der Waals surface area contributed by atoms with E-state index in [9.17, 15) is 13.2 Å². The van der Waals surface area contributed by atoms with Crippen LogP contribution in [-0.2, 0) is 12.8 Å². The van der Waals surface area contributed by atoms with Gasteiger partial charge in [-0.2, -0.15) is 18.2 Å². The maximum atomic E-state index is 12.6. The van der Waals surface area contributed by atoms with Gasteiger partial charge in [0.1, 0.15) is 5.75 Å². The van der Waals surface area contributed by atoms with Gasteiger partial charge in [0, 0.05) is 6.07 Å². The number of rotatable bonds is 3. The van der Waals surface area contributed by atoms with Crippen LogP contribution in [0.25, 0.3) is 0 Å². The second kappa shape index (κ2) is 5.64. The van der Waals surface area contributed by atoms with Gasteiger partial charge in [0.25, 0.3) is 0 Å². The Hall–Kier alpha value is -1.86. The van der Waals surface area contributed by atoms with Crippen molar-refractivity contribution in [2.24, 2.45) is 0 Å². The number of nitrogens with zero attached hydrogens (tertiary/aromatic N) is 2. The molecule has 1 heterocycles. The average molecular weight is 305 g/mol. The Kier molecular flexibility index (Phi) is 4.10. The van der Waals surface area contributed by atoms with Crippen LogP contribution >= 0.6 is 11.6 Å². The maximum Gasteiger partial charge on any atom is 0.433 e. The molecule has 1 aromatic carbocycles. The topological polar surface area (TPSA) is 55.2 Å². The molecule has 4 nitrogen and oxygen atoms in total. The highest BCUT2D eigenvalue weighted by Gasteiger charge is 2.33. The first-order valence-corrected chi connectivity index (χ1v) is 5.76. The number of aliphatic hydroxyl groups excluding tert-OH is 1. The highest BCUT2D eigenvalue weighted by molar-refractivity contribution is 6.28. The third-order valence-electron chi connectivity index (χ3n) is 2.29. The Morgan fingerprint density at radius 3 is 2.35 bits per heavy atom. The van der Waals surface area contributed by atoms with Gasteiger partial charge in [0.2, 0.25) is 11.2 Å². The summed E-state index contributed by atoms with van der Waals surface area (Å²) in [5.74, 6) is -0.0424. The molecule has 0 radical (unpaired) electrons. The molecule has 0 saturated heterocycles. The van der Waals surface area contributed by atoms with Crippen molar-refractivity contribution in [3.63, 3.8) is 0 Å². The zero-order valence-corrected chi connectivity index (χ0v) is 10.6. The number of benzene rings is 1. The molecule has 8 heteroatoms. The first-order chi connectivity index (χ1) is 9.38. The number of alkyl halides is 3. The van der Waals surface area contributed by atoms with Crippen LogP contribution < -0.4 is 4.74 Å². The third kappa shape index (κ3) is 3.58. The Bertz CT molecular complexity index is 603. The fourth-order valence-corrected chi connectivity index (χ4v) is 1.55. The number of halogens is 4. The van der Waals surface area contributed by atoms with Gasteiger partial charge >= 0.3 is 6.18 Å². The molecule has 0 unspecified atom stereocenters. The first kappa shape index (κ1) is 14.5. The Morgan fingerprint density at radius 2 is 1.80 bits per heavy atom. The molecule has 0 atom stereocenters. The standard InChI is InChI=1S/C12H8ClF3N2O2/c13-11-17-9(12(14,15)16)5-10(18-11)20-8-3-1-7(6-19)2-4-8/h1-5,19H,6H2. The van der Waals surface area contributed by atoms with E-state index in [2.05, 4.69) is 9.97 Å². The van der Waals surface area contributed by atoms with E-state index in [4.69, 9.17) is 21.4 Å². The molecule has 1 aromatic heterocycles. The van der Waals surface area contributed by atoms with Crippen molar-refractivity contribution >= 4 is 11.6 Å². The minimum Gasteiger partial charge on any atom is -0.439 e. The van der Waals surface area contributed by atoms with Crippen LogP contribution in [0.2, 0.25) is 5.28 Å². The molecule has 2 rings (SSSR count). The summed E-state index contributed by atoms with van der Waals surface area (Å²) in [4.78, 5) is 6.66. The molecule has 0 aliphatic carbocycles. The van der Waals surface area contributed by atoms with Crippen molar-refractivity contribution in [3.8, 4) is 11.6 Å². The molecule has 0 aliphatic rings. The quantitative estimate of drug-likeness (QED) is 0.883. The van der Waals surface area contributed by atoms with Crippen molar-refractivity contribution in [1.82, 2.24) is 9.97 Å². The lowest BCUT2D eigenvalue weighted by Gasteiger charge is -2.09. The molecule has 20 heavy (non-hydrogen) atoms.